The summed E-state index contributed by atoms with van der Waals surface area (Å²) in [6.07, 6.45) is 2.00. The molecular formula is C23H29N3O3S. The lowest BCUT2D eigenvalue weighted by molar-refractivity contribution is -0.135. The van der Waals surface area contributed by atoms with Gasteiger partial charge in [-0.25, -0.2) is 4.79 Å². The van der Waals surface area contributed by atoms with Gasteiger partial charge < -0.3 is 10.6 Å². The Labute approximate surface area is 181 Å². The number of benzene rings is 1. The van der Waals surface area contributed by atoms with E-state index in [0.29, 0.717) is 5.56 Å². The largest absolute Gasteiger partial charge is 0.347 e. The van der Waals surface area contributed by atoms with Crippen molar-refractivity contribution >= 4 is 29.2 Å². The molecule has 3 rings (SSSR count). The maximum Gasteiger partial charge on any atom is 0.325 e. The van der Waals surface area contributed by atoms with E-state index in [0.717, 1.165) is 22.6 Å². The highest BCUT2D eigenvalue weighted by Crippen LogP contribution is 2.30. The molecule has 0 saturated carbocycles. The van der Waals surface area contributed by atoms with Gasteiger partial charge in [0.2, 0.25) is 5.91 Å². The van der Waals surface area contributed by atoms with E-state index in [1.807, 2.05) is 55.6 Å². The van der Waals surface area contributed by atoms with Crippen molar-refractivity contribution in [1.29, 1.82) is 0 Å². The molecular weight excluding hydrogens is 398 g/mol. The minimum Gasteiger partial charge on any atom is -0.347 e. The summed E-state index contributed by atoms with van der Waals surface area (Å²) in [5.41, 5.74) is 0.723. The van der Waals surface area contributed by atoms with Crippen LogP contribution in [-0.2, 0) is 21.5 Å². The summed E-state index contributed by atoms with van der Waals surface area (Å²) in [4.78, 5) is 40.4. The summed E-state index contributed by atoms with van der Waals surface area (Å²) in [6.45, 7) is 7.54. The van der Waals surface area contributed by atoms with E-state index < -0.39 is 17.5 Å². The van der Waals surface area contributed by atoms with Gasteiger partial charge in [0.1, 0.15) is 12.1 Å². The Morgan fingerprint density at radius 1 is 1.20 bits per heavy atom. The number of hydrogen-bond acceptors (Lipinski definition) is 4. The average Bonchev–Trinajstić information content (AvgIpc) is 3.30. The second-order valence-electron chi connectivity index (χ2n) is 8.20. The van der Waals surface area contributed by atoms with Crippen LogP contribution in [0.5, 0.6) is 0 Å². The molecule has 1 aliphatic heterocycles. The van der Waals surface area contributed by atoms with Crippen molar-refractivity contribution < 1.29 is 14.4 Å². The third-order valence-corrected chi connectivity index (χ3v) is 6.43. The van der Waals surface area contributed by atoms with Crippen LogP contribution in [0.1, 0.15) is 56.2 Å². The van der Waals surface area contributed by atoms with E-state index in [-0.39, 0.29) is 24.4 Å². The molecule has 30 heavy (non-hydrogen) atoms. The van der Waals surface area contributed by atoms with Crippen LogP contribution in [0.4, 0.5) is 4.79 Å². The highest BCUT2D eigenvalue weighted by atomic mass is 32.1. The molecule has 2 aromatic rings. The number of amides is 4. The van der Waals surface area contributed by atoms with Gasteiger partial charge in [0, 0.05) is 4.88 Å². The number of hydrogen-bond donors (Lipinski definition) is 2. The van der Waals surface area contributed by atoms with Gasteiger partial charge in [-0.15, -0.1) is 11.3 Å². The summed E-state index contributed by atoms with van der Waals surface area (Å²) in [5, 5.41) is 7.70. The first-order valence-corrected chi connectivity index (χ1v) is 11.2. The van der Waals surface area contributed by atoms with Gasteiger partial charge in [-0.05, 0) is 41.8 Å². The molecule has 0 aliphatic carbocycles. The SMILES string of the molecule is CCCc1ccc(C2(C)NC(=O)N(CC(=O)NC(c3cccs3)C(C)C)C2=O)cc1. The number of urea groups is 1. The predicted molar refractivity (Wildman–Crippen MR) is 118 cm³/mol. The van der Waals surface area contributed by atoms with E-state index in [1.54, 1.807) is 18.3 Å². The molecule has 1 aliphatic rings. The molecule has 7 heteroatoms. The van der Waals surface area contributed by atoms with Crippen molar-refractivity contribution in [1.82, 2.24) is 15.5 Å². The van der Waals surface area contributed by atoms with Gasteiger partial charge in [0.25, 0.3) is 5.91 Å². The van der Waals surface area contributed by atoms with Crippen LogP contribution in [-0.4, -0.2) is 29.3 Å². The monoisotopic (exact) mass is 427 g/mol. The zero-order valence-electron chi connectivity index (χ0n) is 17.9. The molecule has 6 nitrogen and oxygen atoms in total. The maximum absolute atomic E-state index is 13.1. The van der Waals surface area contributed by atoms with Crippen molar-refractivity contribution in [2.24, 2.45) is 5.92 Å². The van der Waals surface area contributed by atoms with E-state index >= 15 is 0 Å². The van der Waals surface area contributed by atoms with E-state index in [1.165, 1.54) is 5.56 Å². The third-order valence-electron chi connectivity index (χ3n) is 5.48. The Hall–Kier alpha value is -2.67. The van der Waals surface area contributed by atoms with E-state index in [2.05, 4.69) is 17.6 Å². The second-order valence-corrected chi connectivity index (χ2v) is 9.18. The summed E-state index contributed by atoms with van der Waals surface area (Å²) in [6, 6.07) is 10.9. The number of carbonyl (C=O) groups is 3. The fourth-order valence-corrected chi connectivity index (χ4v) is 4.68. The summed E-state index contributed by atoms with van der Waals surface area (Å²) in [7, 11) is 0. The molecule has 0 radical (unpaired) electrons. The Bertz CT molecular complexity index is 908. The predicted octanol–water partition coefficient (Wildman–Crippen LogP) is 3.98. The zero-order chi connectivity index (χ0) is 21.9. The van der Waals surface area contributed by atoms with Crippen molar-refractivity contribution in [2.75, 3.05) is 6.54 Å². The Balaban J connectivity index is 1.72. The molecule has 1 aromatic carbocycles. The molecule has 2 N–H and O–H groups in total. The highest BCUT2D eigenvalue weighted by molar-refractivity contribution is 7.10. The van der Waals surface area contributed by atoms with Crippen LogP contribution in [0.2, 0.25) is 0 Å². The molecule has 2 heterocycles. The standard InChI is InChI=1S/C23H29N3O3S/c1-5-7-16-9-11-17(12-10-16)23(4)21(28)26(22(29)25-23)14-19(27)24-20(15(2)3)18-8-6-13-30-18/h6,8-13,15,20H,5,7,14H2,1-4H3,(H,24,27)(H,25,29). The fraction of sp³-hybridized carbons (Fsp3) is 0.435. The highest BCUT2D eigenvalue weighted by Gasteiger charge is 2.49. The number of imide groups is 1. The van der Waals surface area contributed by atoms with Crippen LogP contribution < -0.4 is 10.6 Å². The van der Waals surface area contributed by atoms with Crippen molar-refractivity contribution in [3.8, 4) is 0 Å². The molecule has 2 atom stereocenters. The molecule has 1 saturated heterocycles. The number of aryl methyl sites for hydroxylation is 1. The number of thiophene rings is 1. The van der Waals surface area contributed by atoms with Gasteiger partial charge in [-0.1, -0.05) is 57.5 Å². The van der Waals surface area contributed by atoms with Crippen molar-refractivity contribution in [3.05, 3.63) is 57.8 Å². The molecule has 2 unspecified atom stereocenters. The lowest BCUT2D eigenvalue weighted by Gasteiger charge is -2.24. The average molecular weight is 428 g/mol. The number of carbonyl (C=O) groups excluding carboxylic acids is 3. The van der Waals surface area contributed by atoms with E-state index in [9.17, 15) is 14.4 Å². The molecule has 0 spiro atoms. The topological polar surface area (TPSA) is 78.5 Å². The van der Waals surface area contributed by atoms with Crippen LogP contribution in [0.3, 0.4) is 0 Å². The first kappa shape index (κ1) is 22.0. The first-order chi connectivity index (χ1) is 14.3. The Morgan fingerprint density at radius 2 is 1.90 bits per heavy atom. The summed E-state index contributed by atoms with van der Waals surface area (Å²) >= 11 is 1.57. The first-order valence-electron chi connectivity index (χ1n) is 10.3. The number of rotatable bonds is 8. The van der Waals surface area contributed by atoms with Crippen molar-refractivity contribution in [3.63, 3.8) is 0 Å². The van der Waals surface area contributed by atoms with Gasteiger partial charge >= 0.3 is 6.03 Å². The lowest BCUT2D eigenvalue weighted by atomic mass is 9.91. The smallest absolute Gasteiger partial charge is 0.325 e. The maximum atomic E-state index is 13.1. The Kier molecular flexibility index (Phi) is 6.61. The molecule has 160 valence electrons. The number of nitrogens with zero attached hydrogens (tertiary/aromatic N) is 1. The minimum absolute atomic E-state index is 0.157. The fourth-order valence-electron chi connectivity index (χ4n) is 3.73. The summed E-state index contributed by atoms with van der Waals surface area (Å²) in [5.74, 6) is -0.584. The molecule has 0 bridgehead atoms. The van der Waals surface area contributed by atoms with Crippen LogP contribution in [0.25, 0.3) is 0 Å². The normalized spacial score (nSPS) is 19.8. The van der Waals surface area contributed by atoms with Gasteiger partial charge in [0.05, 0.1) is 6.04 Å². The molecule has 4 amide bonds. The van der Waals surface area contributed by atoms with Crippen LogP contribution in [0, 0.1) is 5.92 Å². The third kappa shape index (κ3) is 4.41. The number of nitrogens with one attached hydrogen (secondary N) is 2. The lowest BCUT2D eigenvalue weighted by Crippen LogP contribution is -2.44. The minimum atomic E-state index is -1.17. The van der Waals surface area contributed by atoms with Crippen LogP contribution in [0.15, 0.2) is 41.8 Å². The zero-order valence-corrected chi connectivity index (χ0v) is 18.7. The van der Waals surface area contributed by atoms with Crippen molar-refractivity contribution in [2.45, 2.75) is 52.1 Å². The van der Waals surface area contributed by atoms with Gasteiger partial charge in [0.15, 0.2) is 0 Å². The molecule has 1 aromatic heterocycles. The quantitative estimate of drug-likeness (QED) is 0.626. The second kappa shape index (κ2) is 9.00. The van der Waals surface area contributed by atoms with Crippen LogP contribution >= 0.6 is 11.3 Å². The molecule has 1 fully saturated rings. The van der Waals surface area contributed by atoms with Gasteiger partial charge in [-0.2, -0.15) is 0 Å². The van der Waals surface area contributed by atoms with Gasteiger partial charge in [-0.3, -0.25) is 14.5 Å². The van der Waals surface area contributed by atoms with E-state index in [4.69, 9.17) is 0 Å². The Morgan fingerprint density at radius 3 is 2.47 bits per heavy atom. The summed E-state index contributed by atoms with van der Waals surface area (Å²) < 4.78 is 0.